The third-order valence-electron chi connectivity index (χ3n) is 13.3. The number of nitrogens with zero attached hydrogens (tertiary/aromatic N) is 5. The van der Waals surface area contributed by atoms with Crippen LogP contribution in [0.3, 0.4) is 0 Å². The van der Waals surface area contributed by atoms with Gasteiger partial charge in [-0.05, 0) is 73.7 Å². The Bertz CT molecular complexity index is 2280. The van der Waals surface area contributed by atoms with E-state index in [1.807, 2.05) is 29.2 Å². The number of ether oxygens (including phenoxy) is 1. The fraction of sp³-hybridized carbons (Fsp3) is 0.467. The average Bonchev–Trinajstić information content (AvgIpc) is 3.48. The lowest BCUT2D eigenvalue weighted by atomic mass is 9.49. The molecule has 60 heavy (non-hydrogen) atoms. The van der Waals surface area contributed by atoms with Crippen LogP contribution in [0.4, 0.5) is 15.8 Å². The summed E-state index contributed by atoms with van der Waals surface area (Å²) < 4.78 is 22.3. The number of amides is 5. The number of piperidine rings is 2. The van der Waals surface area contributed by atoms with E-state index in [1.54, 1.807) is 24.3 Å². The van der Waals surface area contributed by atoms with Crippen LogP contribution >= 0.6 is 11.6 Å². The molecule has 0 radical (unpaired) electrons. The largest absolute Gasteiger partial charge is 0.489 e. The molecular weight excluding hydrogens is 789 g/mol. The van der Waals surface area contributed by atoms with Crippen molar-refractivity contribution in [3.05, 3.63) is 87.7 Å². The van der Waals surface area contributed by atoms with Crippen molar-refractivity contribution in [2.45, 2.75) is 71.6 Å². The molecule has 3 saturated heterocycles. The zero-order chi connectivity index (χ0) is 42.7. The molecule has 314 valence electrons. The van der Waals surface area contributed by atoms with Crippen molar-refractivity contribution in [3.8, 4) is 11.8 Å². The van der Waals surface area contributed by atoms with Crippen LogP contribution in [0.2, 0.25) is 5.02 Å². The molecule has 2 N–H and O–H groups in total. The highest BCUT2D eigenvalue weighted by Crippen LogP contribution is 2.55. The number of carbonyl (C=O) groups is 5. The van der Waals surface area contributed by atoms with Gasteiger partial charge in [0.1, 0.15) is 24.0 Å². The molecule has 5 aliphatic rings. The van der Waals surface area contributed by atoms with Crippen LogP contribution in [0.15, 0.2) is 54.6 Å². The number of rotatable bonds is 9. The zero-order valence-electron chi connectivity index (χ0n) is 34.2. The van der Waals surface area contributed by atoms with Crippen molar-refractivity contribution in [2.24, 2.45) is 16.7 Å². The molecule has 1 saturated carbocycles. The van der Waals surface area contributed by atoms with E-state index in [2.05, 4.69) is 54.2 Å². The van der Waals surface area contributed by atoms with Gasteiger partial charge in [0, 0.05) is 86.4 Å². The quantitative estimate of drug-likeness (QED) is 0.268. The highest BCUT2D eigenvalue weighted by molar-refractivity contribution is 6.31. The van der Waals surface area contributed by atoms with Crippen LogP contribution in [-0.4, -0.2) is 103 Å². The molecule has 1 aliphatic carbocycles. The smallest absolute Gasteiger partial charge is 0.265 e. The Labute approximate surface area is 353 Å². The van der Waals surface area contributed by atoms with Gasteiger partial charge < -0.3 is 19.9 Å². The minimum absolute atomic E-state index is 0.00337. The molecule has 8 rings (SSSR count). The first-order valence-corrected chi connectivity index (χ1v) is 21.0. The fourth-order valence-electron chi connectivity index (χ4n) is 10.3. The Morgan fingerprint density at radius 3 is 2.22 bits per heavy atom. The predicted molar refractivity (Wildman–Crippen MR) is 223 cm³/mol. The molecule has 13 nitrogen and oxygen atoms in total. The van der Waals surface area contributed by atoms with E-state index >= 15 is 4.39 Å². The van der Waals surface area contributed by atoms with Crippen molar-refractivity contribution < 1.29 is 33.1 Å². The number of hydrogen-bond donors (Lipinski definition) is 2. The minimum Gasteiger partial charge on any atom is -0.489 e. The number of piperazine rings is 1. The second-order valence-electron chi connectivity index (χ2n) is 17.8. The predicted octanol–water partition coefficient (Wildman–Crippen LogP) is 5.40. The van der Waals surface area contributed by atoms with Gasteiger partial charge in [-0.2, -0.15) is 5.26 Å². The molecule has 5 amide bonds. The first-order chi connectivity index (χ1) is 28.6. The number of halogens is 2. The second-order valence-corrected chi connectivity index (χ2v) is 18.2. The number of imide groups is 2. The number of carbonyl (C=O) groups excluding carboxylic acids is 5. The van der Waals surface area contributed by atoms with E-state index in [9.17, 15) is 29.2 Å². The number of fused-ring (bicyclic) bond motifs is 1. The minimum atomic E-state index is -1.14. The summed E-state index contributed by atoms with van der Waals surface area (Å²) in [4.78, 5) is 71.5. The summed E-state index contributed by atoms with van der Waals surface area (Å²) in [6.45, 7) is 14.0. The third-order valence-corrected chi connectivity index (χ3v) is 13.6. The molecule has 1 unspecified atom stereocenters. The summed E-state index contributed by atoms with van der Waals surface area (Å²) in [6, 6.07) is 16.6. The first kappa shape index (κ1) is 41.2. The molecule has 0 bridgehead atoms. The lowest BCUT2D eigenvalue weighted by molar-refractivity contribution is -0.164. The van der Waals surface area contributed by atoms with E-state index in [1.165, 1.54) is 6.07 Å². The SMILES string of the molecule is CC1(C)[C@H](NC(=O)c2ccc(N3CCN(CC4CCN(c5ccc6c(c5F)C(=O)N(C5CCC(=O)NC5=O)C6=O)CC4)CC3)cc2)C(C)(C)[C@H]1Oc1ccc(C#N)c(Cl)c1. The maximum absolute atomic E-state index is 16.0. The Kier molecular flexibility index (Phi) is 10.9. The molecule has 3 aromatic carbocycles. The van der Waals surface area contributed by atoms with Crippen molar-refractivity contribution in [2.75, 3.05) is 55.6 Å². The maximum Gasteiger partial charge on any atom is 0.265 e. The van der Waals surface area contributed by atoms with Gasteiger partial charge in [-0.25, -0.2) is 4.39 Å². The van der Waals surface area contributed by atoms with Gasteiger partial charge in [-0.1, -0.05) is 39.3 Å². The van der Waals surface area contributed by atoms with Crippen LogP contribution in [0.5, 0.6) is 5.75 Å². The van der Waals surface area contributed by atoms with Crippen LogP contribution in [0.1, 0.15) is 90.0 Å². The standard InChI is InChI=1S/C45H49ClFN7O6/c1-44(2)42(45(3,4)43(44)60-30-10-7-28(24-48)32(46)23-30)50-38(56)27-5-8-29(9-6-27)52-21-19-51(20-22-52)25-26-15-17-53(18-16-26)33-12-11-31-36(37(33)47)41(59)54(40(31)58)34-13-14-35(55)49-39(34)57/h5-12,23,26,34,42-43H,13-22,25H2,1-4H3,(H,50,56)(H,49,55,57)/t34?,42-,43-. The van der Waals surface area contributed by atoms with Gasteiger partial charge in [-0.3, -0.25) is 39.1 Å². The normalized spacial score (nSPS) is 24.1. The van der Waals surface area contributed by atoms with Crippen LogP contribution in [0.25, 0.3) is 0 Å². The Hall–Kier alpha value is -5.52. The molecule has 0 spiro atoms. The second kappa shape index (κ2) is 15.8. The Morgan fingerprint density at radius 2 is 1.58 bits per heavy atom. The Morgan fingerprint density at radius 1 is 0.900 bits per heavy atom. The summed E-state index contributed by atoms with van der Waals surface area (Å²) in [7, 11) is 0. The number of hydrogen-bond acceptors (Lipinski definition) is 10. The maximum atomic E-state index is 16.0. The average molecular weight is 838 g/mol. The summed E-state index contributed by atoms with van der Waals surface area (Å²) in [6.07, 6.45) is 1.52. The van der Waals surface area contributed by atoms with Crippen molar-refractivity contribution >= 4 is 52.5 Å². The number of benzene rings is 3. The number of nitriles is 1. The Balaban J connectivity index is 0.800. The monoisotopic (exact) mass is 837 g/mol. The first-order valence-electron chi connectivity index (χ1n) is 20.6. The molecule has 4 fully saturated rings. The molecule has 1 atom stereocenters. The van der Waals surface area contributed by atoms with E-state index in [0.29, 0.717) is 40.9 Å². The number of anilines is 2. The molecule has 4 aliphatic heterocycles. The van der Waals surface area contributed by atoms with Crippen LogP contribution in [0, 0.1) is 33.9 Å². The third kappa shape index (κ3) is 7.36. The van der Waals surface area contributed by atoms with E-state index in [-0.39, 0.29) is 58.5 Å². The fourth-order valence-corrected chi connectivity index (χ4v) is 10.5. The van der Waals surface area contributed by atoms with E-state index in [4.69, 9.17) is 16.3 Å². The summed E-state index contributed by atoms with van der Waals surface area (Å²) in [5.41, 5.74) is 1.21. The van der Waals surface area contributed by atoms with Crippen LogP contribution in [-0.2, 0) is 9.59 Å². The van der Waals surface area contributed by atoms with Crippen LogP contribution < -0.4 is 25.2 Å². The topological polar surface area (TPSA) is 155 Å². The van der Waals surface area contributed by atoms with E-state index < -0.39 is 35.5 Å². The van der Waals surface area contributed by atoms with Crippen molar-refractivity contribution in [1.29, 1.82) is 5.26 Å². The van der Waals surface area contributed by atoms with Gasteiger partial charge in [0.05, 0.1) is 27.4 Å². The lowest BCUT2D eigenvalue weighted by Gasteiger charge is -2.63. The molecule has 15 heteroatoms. The molecular formula is C45H49ClFN7O6. The molecule has 3 aromatic rings. The summed E-state index contributed by atoms with van der Waals surface area (Å²) >= 11 is 6.25. The summed E-state index contributed by atoms with van der Waals surface area (Å²) in [5.74, 6) is -2.63. The summed E-state index contributed by atoms with van der Waals surface area (Å²) in [5, 5.41) is 15.0. The van der Waals surface area contributed by atoms with Gasteiger partial charge in [0.25, 0.3) is 17.7 Å². The highest BCUT2D eigenvalue weighted by Gasteiger charge is 2.64. The number of nitrogens with one attached hydrogen (secondary N) is 2. The van der Waals surface area contributed by atoms with Gasteiger partial charge in [-0.15, -0.1) is 0 Å². The zero-order valence-corrected chi connectivity index (χ0v) is 35.0. The van der Waals surface area contributed by atoms with Gasteiger partial charge >= 0.3 is 0 Å². The van der Waals surface area contributed by atoms with Crippen molar-refractivity contribution in [3.63, 3.8) is 0 Å². The molecule has 0 aromatic heterocycles. The lowest BCUT2D eigenvalue weighted by Crippen LogP contribution is -2.74. The highest BCUT2D eigenvalue weighted by atomic mass is 35.5. The van der Waals surface area contributed by atoms with Gasteiger partial charge in [0.15, 0.2) is 5.82 Å². The van der Waals surface area contributed by atoms with E-state index in [0.717, 1.165) is 56.2 Å². The van der Waals surface area contributed by atoms with Crippen molar-refractivity contribution in [1.82, 2.24) is 20.4 Å². The molecule has 4 heterocycles. The van der Waals surface area contributed by atoms with Gasteiger partial charge in [0.2, 0.25) is 11.8 Å².